The van der Waals surface area contributed by atoms with E-state index in [0.29, 0.717) is 0 Å². The number of nitrogens with zero attached hydrogens (tertiary/aromatic N) is 1. The quantitative estimate of drug-likeness (QED) is 0.449. The summed E-state index contributed by atoms with van der Waals surface area (Å²) in [6, 6.07) is 0. The lowest BCUT2D eigenvalue weighted by Gasteiger charge is -2.17. The molecule has 120 valence electrons. The largest absolute Gasteiger partial charge is 0.466 e. The third-order valence-corrected chi connectivity index (χ3v) is 3.24. The van der Waals surface area contributed by atoms with Gasteiger partial charge in [-0.05, 0) is 6.08 Å². The fourth-order valence-corrected chi connectivity index (χ4v) is 2.13. The molecule has 3 atom stereocenters. The van der Waals surface area contributed by atoms with Crippen LogP contribution in [0.3, 0.4) is 0 Å². The van der Waals surface area contributed by atoms with Crippen LogP contribution in [0.25, 0.3) is 6.08 Å². The average Bonchev–Trinajstić information content (AvgIpc) is 2.87. The zero-order chi connectivity index (χ0) is 16.3. The first-order chi connectivity index (χ1) is 10.5. The summed E-state index contributed by atoms with van der Waals surface area (Å²) in [6.45, 7) is -0.291. The number of hydrogen-bond acceptors (Lipinski definition) is 7. The number of H-pyrrole nitrogens is 1. The van der Waals surface area contributed by atoms with Gasteiger partial charge in [-0.3, -0.25) is 14.3 Å². The predicted octanol–water partition coefficient (Wildman–Crippen LogP) is -1.64. The highest BCUT2D eigenvalue weighted by Gasteiger charge is 2.35. The number of ether oxygens (including phenoxy) is 2. The minimum Gasteiger partial charge on any atom is -0.466 e. The minimum absolute atomic E-state index is 0.0215. The standard InChI is InChI=1S/C13H16N2O7/c1-21-10(18)3-2-7-5-15(13(20)14-11(7)19)12-9(17)4-8(6-16)22-12/h2-3,5,8-9,12,16-17H,4,6H2,1H3,(H,14,19,20)/t8-,9+,12+/m0/s1. The summed E-state index contributed by atoms with van der Waals surface area (Å²) in [5.41, 5.74) is -1.43. The number of carbonyl (C=O) groups excluding carboxylic acids is 1. The van der Waals surface area contributed by atoms with Crippen molar-refractivity contribution >= 4 is 12.0 Å². The number of nitrogens with one attached hydrogen (secondary N) is 1. The molecule has 2 heterocycles. The molecule has 0 amide bonds. The summed E-state index contributed by atoms with van der Waals surface area (Å²) >= 11 is 0. The molecule has 1 saturated heterocycles. The van der Waals surface area contributed by atoms with Crippen LogP contribution in [0.15, 0.2) is 21.9 Å². The zero-order valence-corrected chi connectivity index (χ0v) is 11.8. The van der Waals surface area contributed by atoms with Crippen LogP contribution in [-0.2, 0) is 14.3 Å². The van der Waals surface area contributed by atoms with Gasteiger partial charge in [0.25, 0.3) is 5.56 Å². The van der Waals surface area contributed by atoms with Gasteiger partial charge in [0.05, 0.1) is 25.4 Å². The molecular weight excluding hydrogens is 296 g/mol. The summed E-state index contributed by atoms with van der Waals surface area (Å²) in [7, 11) is 1.19. The third-order valence-electron chi connectivity index (χ3n) is 3.24. The summed E-state index contributed by atoms with van der Waals surface area (Å²) < 4.78 is 10.8. The Bertz CT molecular complexity index is 690. The Balaban J connectivity index is 2.37. The normalized spacial score (nSPS) is 24.8. The predicted molar refractivity (Wildman–Crippen MR) is 74.0 cm³/mol. The molecule has 0 bridgehead atoms. The van der Waals surface area contributed by atoms with Crippen LogP contribution < -0.4 is 11.2 Å². The molecule has 1 aliphatic heterocycles. The fraction of sp³-hybridized carbons (Fsp3) is 0.462. The van der Waals surface area contributed by atoms with Crippen molar-refractivity contribution in [3.63, 3.8) is 0 Å². The highest BCUT2D eigenvalue weighted by molar-refractivity contribution is 5.86. The smallest absolute Gasteiger partial charge is 0.330 e. The molecule has 1 fully saturated rings. The van der Waals surface area contributed by atoms with Crippen LogP contribution in [0.1, 0.15) is 18.2 Å². The second-order valence-electron chi connectivity index (χ2n) is 4.74. The van der Waals surface area contributed by atoms with Crippen LogP contribution >= 0.6 is 0 Å². The van der Waals surface area contributed by atoms with E-state index in [4.69, 9.17) is 9.84 Å². The molecule has 22 heavy (non-hydrogen) atoms. The van der Waals surface area contributed by atoms with E-state index in [1.165, 1.54) is 19.4 Å². The average molecular weight is 312 g/mol. The molecule has 2 rings (SSSR count). The van der Waals surface area contributed by atoms with Gasteiger partial charge in [-0.25, -0.2) is 9.59 Å². The first-order valence-corrected chi connectivity index (χ1v) is 6.52. The Hall–Kier alpha value is -2.23. The van der Waals surface area contributed by atoms with Crippen LogP contribution in [-0.4, -0.2) is 51.7 Å². The highest BCUT2D eigenvalue weighted by atomic mass is 16.5. The minimum atomic E-state index is -1.02. The monoisotopic (exact) mass is 312 g/mol. The van der Waals surface area contributed by atoms with Crippen LogP contribution in [0.2, 0.25) is 0 Å². The van der Waals surface area contributed by atoms with Gasteiger partial charge in [-0.2, -0.15) is 0 Å². The molecule has 0 aromatic carbocycles. The van der Waals surface area contributed by atoms with Crippen molar-refractivity contribution in [2.75, 3.05) is 13.7 Å². The van der Waals surface area contributed by atoms with E-state index < -0.39 is 35.7 Å². The maximum absolute atomic E-state index is 11.9. The van der Waals surface area contributed by atoms with Gasteiger partial charge < -0.3 is 19.7 Å². The number of carbonyl (C=O) groups is 1. The number of aromatic nitrogens is 2. The second-order valence-corrected chi connectivity index (χ2v) is 4.74. The van der Waals surface area contributed by atoms with Gasteiger partial charge in [-0.15, -0.1) is 0 Å². The van der Waals surface area contributed by atoms with Gasteiger partial charge in [0, 0.05) is 18.7 Å². The second kappa shape index (κ2) is 6.69. The third kappa shape index (κ3) is 3.32. The lowest BCUT2D eigenvalue weighted by Crippen LogP contribution is -2.36. The summed E-state index contributed by atoms with van der Waals surface area (Å²) in [5.74, 6) is -0.658. The van der Waals surface area contributed by atoms with Crippen molar-refractivity contribution in [2.45, 2.75) is 24.9 Å². The van der Waals surface area contributed by atoms with Crippen molar-refractivity contribution in [1.29, 1.82) is 0 Å². The number of aliphatic hydroxyl groups is 2. The van der Waals surface area contributed by atoms with Crippen LogP contribution in [0.4, 0.5) is 0 Å². The van der Waals surface area contributed by atoms with E-state index in [0.717, 1.165) is 10.6 Å². The summed E-state index contributed by atoms with van der Waals surface area (Å²) in [6.07, 6.45) is 0.944. The van der Waals surface area contributed by atoms with Crippen molar-refractivity contribution in [3.05, 3.63) is 38.7 Å². The van der Waals surface area contributed by atoms with Crippen molar-refractivity contribution in [1.82, 2.24) is 9.55 Å². The lowest BCUT2D eigenvalue weighted by molar-refractivity contribution is -0.134. The van der Waals surface area contributed by atoms with Crippen LogP contribution in [0.5, 0.6) is 0 Å². The van der Waals surface area contributed by atoms with E-state index in [9.17, 15) is 19.5 Å². The molecule has 1 aliphatic rings. The molecule has 9 heteroatoms. The molecule has 0 radical (unpaired) electrons. The van der Waals surface area contributed by atoms with E-state index in [1.807, 2.05) is 0 Å². The number of esters is 1. The molecule has 1 aromatic rings. The molecule has 0 aliphatic carbocycles. The molecule has 1 aromatic heterocycles. The van der Waals surface area contributed by atoms with E-state index in [1.54, 1.807) is 0 Å². The Labute approximate surface area is 124 Å². The Kier molecular flexibility index (Phi) is 4.91. The topological polar surface area (TPSA) is 131 Å². The Morgan fingerprint density at radius 3 is 2.91 bits per heavy atom. The zero-order valence-electron chi connectivity index (χ0n) is 11.8. The van der Waals surface area contributed by atoms with Gasteiger partial charge in [-0.1, -0.05) is 0 Å². The fourth-order valence-electron chi connectivity index (χ4n) is 2.13. The van der Waals surface area contributed by atoms with Gasteiger partial charge in [0.15, 0.2) is 6.23 Å². The van der Waals surface area contributed by atoms with E-state index in [-0.39, 0.29) is 18.6 Å². The van der Waals surface area contributed by atoms with Gasteiger partial charge >= 0.3 is 11.7 Å². The molecule has 9 nitrogen and oxygen atoms in total. The maximum atomic E-state index is 11.9. The van der Waals surface area contributed by atoms with Gasteiger partial charge in [0.1, 0.15) is 6.10 Å². The molecule has 3 N–H and O–H groups in total. The van der Waals surface area contributed by atoms with Crippen molar-refractivity contribution in [2.24, 2.45) is 0 Å². The molecular formula is C13H16N2O7. The van der Waals surface area contributed by atoms with E-state index in [2.05, 4.69) is 9.72 Å². The van der Waals surface area contributed by atoms with E-state index >= 15 is 0 Å². The summed E-state index contributed by atoms with van der Waals surface area (Å²) in [5, 5.41) is 18.9. The number of methoxy groups -OCH3 is 1. The first-order valence-electron chi connectivity index (χ1n) is 6.52. The first kappa shape index (κ1) is 16.1. The Morgan fingerprint density at radius 2 is 2.32 bits per heavy atom. The maximum Gasteiger partial charge on any atom is 0.330 e. The molecule has 0 saturated carbocycles. The molecule has 0 unspecified atom stereocenters. The number of rotatable bonds is 4. The summed E-state index contributed by atoms with van der Waals surface area (Å²) in [4.78, 5) is 36.7. The number of aromatic amines is 1. The number of hydrogen-bond donors (Lipinski definition) is 3. The van der Waals surface area contributed by atoms with Crippen molar-refractivity contribution in [3.8, 4) is 0 Å². The van der Waals surface area contributed by atoms with Gasteiger partial charge in [0.2, 0.25) is 0 Å². The lowest BCUT2D eigenvalue weighted by atomic mass is 10.2. The number of aliphatic hydroxyl groups excluding tert-OH is 2. The molecule has 0 spiro atoms. The SMILES string of the molecule is COC(=O)C=Cc1cn([C@@H]2O[C@H](CO)C[C@H]2O)c(=O)[nH]c1=O. The highest BCUT2D eigenvalue weighted by Crippen LogP contribution is 2.27. The van der Waals surface area contributed by atoms with Crippen molar-refractivity contribution < 1.29 is 24.5 Å². The van der Waals surface area contributed by atoms with Crippen LogP contribution in [0, 0.1) is 0 Å². The Morgan fingerprint density at radius 1 is 1.59 bits per heavy atom.